The molecule has 0 aromatic carbocycles. The van der Waals surface area contributed by atoms with Gasteiger partial charge in [0.05, 0.1) is 0 Å². The number of fused-ring (bicyclic) bond motifs is 1. The van der Waals surface area contributed by atoms with Gasteiger partial charge in [0, 0.05) is 7.05 Å². The fraction of sp³-hybridized carbons (Fsp3) is 0.111. The number of aromatic nitrogens is 6. The lowest BCUT2D eigenvalue weighted by molar-refractivity contribution is -0.388. The van der Waals surface area contributed by atoms with E-state index in [2.05, 4.69) is 24.9 Å². The van der Waals surface area contributed by atoms with Crippen molar-refractivity contribution in [1.29, 1.82) is 0 Å². The Balaban J connectivity index is 2.43. The van der Waals surface area contributed by atoms with Crippen molar-refractivity contribution in [2.45, 2.75) is 0 Å². The number of nitrogen functional groups attached to an aromatic ring is 1. The molecule has 0 bridgehead atoms. The number of hydrogen-bond acceptors (Lipinski definition) is 7. The average Bonchev–Trinajstić information content (AvgIpc) is 2.90. The molecule has 11 heteroatoms. The van der Waals surface area contributed by atoms with Gasteiger partial charge < -0.3 is 30.4 Å². The molecule has 3 aromatic heterocycles. The average molecular weight is 292 g/mol. The highest BCUT2D eigenvalue weighted by Crippen LogP contribution is 2.30. The summed E-state index contributed by atoms with van der Waals surface area (Å²) < 4.78 is 1.81. The standard InChI is InChI=1S/C9H8N8O2S/c1-16-2-11-7(17(18)19)5(16)3-4-6(14-8(10)12-3)15-9(20)13-4/h2H,1H3,(H4,10,12,13,14,15,20). The number of aryl methyl sites for hydroxylation is 1. The third-order valence-corrected chi connectivity index (χ3v) is 2.92. The molecule has 0 aliphatic carbocycles. The minimum atomic E-state index is -0.583. The molecule has 3 rings (SSSR count). The Labute approximate surface area is 115 Å². The number of nitrogens with one attached hydrogen (secondary N) is 2. The Bertz CT molecular complexity index is 891. The fourth-order valence-electron chi connectivity index (χ4n) is 1.94. The predicted molar refractivity (Wildman–Crippen MR) is 72.3 cm³/mol. The van der Waals surface area contributed by atoms with E-state index >= 15 is 0 Å². The van der Waals surface area contributed by atoms with Crippen molar-refractivity contribution in [3.63, 3.8) is 0 Å². The number of hydrogen-bond donors (Lipinski definition) is 3. The van der Waals surface area contributed by atoms with Gasteiger partial charge in [-0.15, -0.1) is 0 Å². The van der Waals surface area contributed by atoms with E-state index in [-0.39, 0.29) is 23.2 Å². The van der Waals surface area contributed by atoms with Gasteiger partial charge in [-0.25, -0.2) is 4.98 Å². The molecular formula is C9H8N8O2S. The molecule has 102 valence electrons. The molecule has 4 N–H and O–H groups in total. The second kappa shape index (κ2) is 4.09. The van der Waals surface area contributed by atoms with Gasteiger partial charge in [-0.3, -0.25) is 0 Å². The van der Waals surface area contributed by atoms with Gasteiger partial charge in [-0.2, -0.15) is 4.98 Å². The number of imidazole rings is 2. The van der Waals surface area contributed by atoms with Crippen LogP contribution in [0.4, 0.5) is 11.8 Å². The van der Waals surface area contributed by atoms with Gasteiger partial charge >= 0.3 is 5.82 Å². The molecule has 0 saturated heterocycles. The third kappa shape index (κ3) is 1.72. The van der Waals surface area contributed by atoms with Gasteiger partial charge in [-0.05, 0) is 22.1 Å². The second-order valence-electron chi connectivity index (χ2n) is 4.02. The molecule has 0 fully saturated rings. The molecular weight excluding hydrogens is 284 g/mol. The number of rotatable bonds is 2. The summed E-state index contributed by atoms with van der Waals surface area (Å²) in [5, 5.41) is 11.1. The van der Waals surface area contributed by atoms with Crippen LogP contribution in [0.15, 0.2) is 6.33 Å². The first kappa shape index (κ1) is 12.2. The van der Waals surface area contributed by atoms with Crippen molar-refractivity contribution in [3.8, 4) is 11.4 Å². The summed E-state index contributed by atoms with van der Waals surface area (Å²) in [6, 6.07) is 0. The number of nitro groups is 1. The SMILES string of the molecule is Cn1cnc([N+](=O)[O-])c1-c1nc(N)nc2[nH]c(=S)[nH]c12. The first-order valence-electron chi connectivity index (χ1n) is 5.39. The van der Waals surface area contributed by atoms with Crippen LogP contribution in [-0.4, -0.2) is 34.4 Å². The zero-order chi connectivity index (χ0) is 14.4. The molecule has 0 saturated carbocycles. The largest absolute Gasteiger partial charge is 0.391 e. The Kier molecular flexibility index (Phi) is 2.50. The molecule has 0 radical (unpaired) electrons. The lowest BCUT2D eigenvalue weighted by Crippen LogP contribution is -2.02. The van der Waals surface area contributed by atoms with Gasteiger partial charge in [0.2, 0.25) is 12.3 Å². The van der Waals surface area contributed by atoms with Crippen LogP contribution < -0.4 is 5.73 Å². The van der Waals surface area contributed by atoms with E-state index in [1.165, 1.54) is 10.9 Å². The van der Waals surface area contributed by atoms with Crippen molar-refractivity contribution in [3.05, 3.63) is 21.2 Å². The van der Waals surface area contributed by atoms with Crippen LogP contribution in [0, 0.1) is 14.9 Å². The van der Waals surface area contributed by atoms with E-state index in [9.17, 15) is 10.1 Å². The maximum atomic E-state index is 11.1. The van der Waals surface area contributed by atoms with Crippen molar-refractivity contribution in [2.24, 2.45) is 7.05 Å². The first-order valence-corrected chi connectivity index (χ1v) is 5.80. The van der Waals surface area contributed by atoms with Crippen LogP contribution >= 0.6 is 12.2 Å². The van der Waals surface area contributed by atoms with Gasteiger partial charge in [0.25, 0.3) is 0 Å². The quantitative estimate of drug-likeness (QED) is 0.361. The zero-order valence-electron chi connectivity index (χ0n) is 10.1. The maximum absolute atomic E-state index is 11.1. The lowest BCUT2D eigenvalue weighted by Gasteiger charge is -2.03. The summed E-state index contributed by atoms with van der Waals surface area (Å²) in [6.45, 7) is 0. The molecule has 0 unspecified atom stereocenters. The summed E-state index contributed by atoms with van der Waals surface area (Å²) in [5.41, 5.74) is 6.94. The minimum Gasteiger partial charge on any atom is -0.368 e. The van der Waals surface area contributed by atoms with Crippen molar-refractivity contribution in [1.82, 2.24) is 29.5 Å². The summed E-state index contributed by atoms with van der Waals surface area (Å²) in [7, 11) is 1.63. The molecule has 3 heterocycles. The number of H-pyrrole nitrogens is 2. The Hall–Kier alpha value is -2.82. The first-order chi connectivity index (χ1) is 9.47. The van der Waals surface area contributed by atoms with E-state index < -0.39 is 4.92 Å². The number of nitrogens with zero attached hydrogens (tertiary/aromatic N) is 5. The highest BCUT2D eigenvalue weighted by atomic mass is 32.1. The van der Waals surface area contributed by atoms with Crippen LogP contribution in [0.3, 0.4) is 0 Å². The van der Waals surface area contributed by atoms with Crippen molar-refractivity contribution in [2.75, 3.05) is 5.73 Å². The van der Waals surface area contributed by atoms with Gasteiger partial charge in [0.1, 0.15) is 11.2 Å². The van der Waals surface area contributed by atoms with Crippen LogP contribution in [0.5, 0.6) is 0 Å². The van der Waals surface area contributed by atoms with Crippen molar-refractivity contribution < 1.29 is 4.92 Å². The van der Waals surface area contributed by atoms with Crippen LogP contribution in [0.25, 0.3) is 22.6 Å². The van der Waals surface area contributed by atoms with Crippen LogP contribution in [-0.2, 0) is 7.05 Å². The topological polar surface area (TPSA) is 144 Å². The monoisotopic (exact) mass is 292 g/mol. The molecule has 20 heavy (non-hydrogen) atoms. The predicted octanol–water partition coefficient (Wildman–Crippen LogP) is 0.906. The maximum Gasteiger partial charge on any atom is 0.391 e. The van der Waals surface area contributed by atoms with Crippen molar-refractivity contribution >= 4 is 35.1 Å². The van der Waals surface area contributed by atoms with Crippen LogP contribution in [0.1, 0.15) is 0 Å². The number of anilines is 1. The van der Waals surface area contributed by atoms with E-state index in [1.54, 1.807) is 7.05 Å². The van der Waals surface area contributed by atoms with E-state index in [4.69, 9.17) is 18.0 Å². The molecule has 0 atom stereocenters. The normalized spacial score (nSPS) is 11.1. The molecule has 0 spiro atoms. The number of aromatic amines is 2. The van der Waals surface area contributed by atoms with Crippen LogP contribution in [0.2, 0.25) is 0 Å². The van der Waals surface area contributed by atoms with E-state index in [1.807, 2.05) is 0 Å². The van der Waals surface area contributed by atoms with Gasteiger partial charge in [0.15, 0.2) is 16.1 Å². The third-order valence-electron chi connectivity index (χ3n) is 2.71. The lowest BCUT2D eigenvalue weighted by atomic mass is 10.2. The highest BCUT2D eigenvalue weighted by Gasteiger charge is 2.25. The minimum absolute atomic E-state index is 0.0201. The Morgan fingerprint density at radius 3 is 2.90 bits per heavy atom. The Morgan fingerprint density at radius 1 is 1.45 bits per heavy atom. The summed E-state index contributed by atoms with van der Waals surface area (Å²) in [5.74, 6) is -0.333. The zero-order valence-corrected chi connectivity index (χ0v) is 10.9. The fourth-order valence-corrected chi connectivity index (χ4v) is 2.13. The molecule has 0 aliphatic heterocycles. The molecule has 3 aromatic rings. The molecule has 0 amide bonds. The smallest absolute Gasteiger partial charge is 0.368 e. The van der Waals surface area contributed by atoms with E-state index in [0.29, 0.717) is 15.9 Å². The highest BCUT2D eigenvalue weighted by molar-refractivity contribution is 7.71. The Morgan fingerprint density at radius 2 is 2.20 bits per heavy atom. The number of nitrogens with two attached hydrogens (primary N) is 1. The van der Waals surface area contributed by atoms with E-state index in [0.717, 1.165) is 0 Å². The molecule has 0 aliphatic rings. The second-order valence-corrected chi connectivity index (χ2v) is 4.43. The molecule has 10 nitrogen and oxygen atoms in total. The summed E-state index contributed by atoms with van der Waals surface area (Å²) >= 11 is 4.99. The summed E-state index contributed by atoms with van der Waals surface area (Å²) in [4.78, 5) is 27.9. The summed E-state index contributed by atoms with van der Waals surface area (Å²) in [6.07, 6.45) is 1.33. The van der Waals surface area contributed by atoms with Gasteiger partial charge in [-0.1, -0.05) is 0 Å².